The monoisotopic (exact) mass is 483 g/mol. The first-order valence-electron chi connectivity index (χ1n) is 10.2. The first-order chi connectivity index (χ1) is 15.8. The zero-order chi connectivity index (χ0) is 23.5. The Morgan fingerprint density at radius 1 is 1.09 bits per heavy atom. The van der Waals surface area contributed by atoms with Gasteiger partial charge in [-0.15, -0.1) is 0 Å². The predicted octanol–water partition coefficient (Wildman–Crippen LogP) is 7.99. The number of carbonyl (C=O) groups is 1. The lowest BCUT2D eigenvalue weighted by molar-refractivity contribution is -0.111. The third kappa shape index (κ3) is 5.21. The van der Waals surface area contributed by atoms with Crippen molar-refractivity contribution in [1.82, 2.24) is 0 Å². The molecule has 0 atom stereocenters. The van der Waals surface area contributed by atoms with Crippen molar-refractivity contribution < 1.29 is 18.3 Å². The van der Waals surface area contributed by atoms with Crippen LogP contribution < -0.4 is 10.1 Å². The number of carbonyl (C=O) groups excluding carboxylic acids is 1. The first kappa shape index (κ1) is 22.9. The summed E-state index contributed by atoms with van der Waals surface area (Å²) >= 11 is 12.0. The molecule has 3 aromatic carbocycles. The molecule has 4 rings (SSSR count). The summed E-state index contributed by atoms with van der Waals surface area (Å²) in [4.78, 5) is 12.7. The van der Waals surface area contributed by atoms with E-state index in [2.05, 4.69) is 5.32 Å². The van der Waals surface area contributed by atoms with Crippen LogP contribution in [0, 0.1) is 5.82 Å². The molecule has 0 bridgehead atoms. The summed E-state index contributed by atoms with van der Waals surface area (Å²) in [5, 5.41) is 4.45. The number of allylic oxidation sites excluding steroid dienone is 1. The second kappa shape index (κ2) is 9.69. The van der Waals surface area contributed by atoms with Gasteiger partial charge in [0.2, 0.25) is 5.91 Å². The van der Waals surface area contributed by atoms with Crippen molar-refractivity contribution in [2.24, 2.45) is 0 Å². The Hall–Kier alpha value is -3.28. The number of rotatable bonds is 6. The van der Waals surface area contributed by atoms with Gasteiger partial charge in [-0.25, -0.2) is 4.39 Å². The molecule has 1 aromatic heterocycles. The maximum Gasteiger partial charge on any atom is 0.248 e. The van der Waals surface area contributed by atoms with Crippen LogP contribution in [0.15, 0.2) is 71.4 Å². The predicted molar refractivity (Wildman–Crippen MR) is 132 cm³/mol. The number of hydrogen-bond donors (Lipinski definition) is 1. The van der Waals surface area contributed by atoms with Gasteiger partial charge in [-0.05, 0) is 61.4 Å². The number of nitrogens with one attached hydrogen (secondary N) is 1. The van der Waals surface area contributed by atoms with Gasteiger partial charge >= 0.3 is 0 Å². The van der Waals surface area contributed by atoms with Crippen molar-refractivity contribution in [3.8, 4) is 16.9 Å². The highest BCUT2D eigenvalue weighted by molar-refractivity contribution is 6.35. The van der Waals surface area contributed by atoms with E-state index in [1.165, 1.54) is 18.2 Å². The third-order valence-corrected chi connectivity index (χ3v) is 5.47. The minimum Gasteiger partial charge on any atom is -0.493 e. The lowest BCUT2D eigenvalue weighted by atomic mass is 9.99. The van der Waals surface area contributed by atoms with Crippen molar-refractivity contribution >= 4 is 51.3 Å². The molecule has 0 radical (unpaired) electrons. The second-order valence-corrected chi connectivity index (χ2v) is 8.28. The Labute approximate surface area is 200 Å². The SMILES string of the molecule is CCOc1cc2occ(-c3ccc(F)cc3)c2cc1/C(C)=C/C(=O)Nc1cc(Cl)cc(Cl)c1. The van der Waals surface area contributed by atoms with Gasteiger partial charge in [0, 0.05) is 44.4 Å². The average molecular weight is 484 g/mol. The highest BCUT2D eigenvalue weighted by atomic mass is 35.5. The number of ether oxygens (including phenoxy) is 1. The standard InChI is InChI=1S/C26H20Cl2FNO3/c1-3-32-24-13-25-22(23(14-33-25)16-4-6-19(29)7-5-16)12-21(24)15(2)8-26(31)30-20-10-17(27)9-18(28)11-20/h4-14H,3H2,1-2H3,(H,30,31)/b15-8+. The largest absolute Gasteiger partial charge is 0.493 e. The number of halogens is 3. The zero-order valence-corrected chi connectivity index (χ0v) is 19.4. The maximum atomic E-state index is 13.4. The van der Waals surface area contributed by atoms with E-state index >= 15 is 0 Å². The quantitative estimate of drug-likeness (QED) is 0.282. The minimum atomic E-state index is -0.334. The number of fused-ring (bicyclic) bond motifs is 1. The average Bonchev–Trinajstić information content (AvgIpc) is 3.16. The smallest absolute Gasteiger partial charge is 0.248 e. The Morgan fingerprint density at radius 2 is 1.79 bits per heavy atom. The zero-order valence-electron chi connectivity index (χ0n) is 17.9. The molecular formula is C26H20Cl2FNO3. The molecule has 1 amide bonds. The number of hydrogen-bond acceptors (Lipinski definition) is 3. The summed E-state index contributed by atoms with van der Waals surface area (Å²) in [6.07, 6.45) is 3.11. The molecule has 1 heterocycles. The minimum absolute atomic E-state index is 0.309. The fourth-order valence-electron chi connectivity index (χ4n) is 3.57. The van der Waals surface area contributed by atoms with Crippen LogP contribution >= 0.6 is 23.2 Å². The van der Waals surface area contributed by atoms with Gasteiger partial charge in [0.1, 0.15) is 17.1 Å². The summed E-state index contributed by atoms with van der Waals surface area (Å²) < 4.78 is 24.9. The summed E-state index contributed by atoms with van der Waals surface area (Å²) in [7, 11) is 0. The third-order valence-electron chi connectivity index (χ3n) is 5.03. The fourth-order valence-corrected chi connectivity index (χ4v) is 4.10. The molecule has 0 aliphatic carbocycles. The second-order valence-electron chi connectivity index (χ2n) is 7.41. The van der Waals surface area contributed by atoms with Gasteiger partial charge in [-0.2, -0.15) is 0 Å². The van der Waals surface area contributed by atoms with Crippen LogP contribution in [0.25, 0.3) is 27.7 Å². The van der Waals surface area contributed by atoms with Gasteiger partial charge in [-0.1, -0.05) is 35.3 Å². The van der Waals surface area contributed by atoms with Crippen LogP contribution in [0.2, 0.25) is 10.0 Å². The summed E-state index contributed by atoms with van der Waals surface area (Å²) in [5.41, 5.74) is 4.20. The van der Waals surface area contributed by atoms with Crippen LogP contribution in [-0.2, 0) is 4.79 Å². The lowest BCUT2D eigenvalue weighted by Crippen LogP contribution is -2.08. The molecule has 1 N–H and O–H groups in total. The van der Waals surface area contributed by atoms with Crippen molar-refractivity contribution in [2.45, 2.75) is 13.8 Å². The van der Waals surface area contributed by atoms with Crippen LogP contribution in [0.3, 0.4) is 0 Å². The molecule has 33 heavy (non-hydrogen) atoms. The van der Waals surface area contributed by atoms with Gasteiger partial charge in [0.15, 0.2) is 0 Å². The molecule has 4 aromatic rings. The molecule has 0 saturated heterocycles. The highest BCUT2D eigenvalue weighted by Crippen LogP contribution is 2.37. The Kier molecular flexibility index (Phi) is 6.72. The van der Waals surface area contributed by atoms with Crippen molar-refractivity contribution in [3.63, 3.8) is 0 Å². The summed E-state index contributed by atoms with van der Waals surface area (Å²) in [5.74, 6) is -0.0478. The van der Waals surface area contributed by atoms with Gasteiger partial charge < -0.3 is 14.5 Å². The molecule has 7 heteroatoms. The van der Waals surface area contributed by atoms with E-state index in [4.69, 9.17) is 32.4 Å². The number of amides is 1. The molecule has 4 nitrogen and oxygen atoms in total. The molecule has 168 valence electrons. The first-order valence-corrected chi connectivity index (χ1v) is 11.0. The van der Waals surface area contributed by atoms with E-state index in [9.17, 15) is 9.18 Å². The molecule has 0 fully saturated rings. The van der Waals surface area contributed by atoms with Gasteiger partial charge in [0.05, 0.1) is 12.9 Å². The lowest BCUT2D eigenvalue weighted by Gasteiger charge is -2.12. The topological polar surface area (TPSA) is 51.5 Å². The van der Waals surface area contributed by atoms with E-state index in [0.717, 1.165) is 22.1 Å². The van der Waals surface area contributed by atoms with Crippen LogP contribution in [0.5, 0.6) is 5.75 Å². The Bertz CT molecular complexity index is 1340. The van der Waals surface area contributed by atoms with E-state index in [1.807, 2.05) is 19.9 Å². The molecule has 0 unspecified atom stereocenters. The van der Waals surface area contributed by atoms with Gasteiger partial charge in [-0.3, -0.25) is 4.79 Å². The fraction of sp³-hybridized carbons (Fsp3) is 0.115. The number of furan rings is 1. The molecule has 0 aliphatic rings. The normalized spacial score (nSPS) is 11.6. The summed E-state index contributed by atoms with van der Waals surface area (Å²) in [6.45, 7) is 4.16. The van der Waals surface area contributed by atoms with E-state index in [0.29, 0.717) is 39.2 Å². The Morgan fingerprint density at radius 3 is 2.45 bits per heavy atom. The van der Waals surface area contributed by atoms with Crippen LogP contribution in [0.4, 0.5) is 10.1 Å². The van der Waals surface area contributed by atoms with Crippen molar-refractivity contribution in [2.75, 3.05) is 11.9 Å². The van der Waals surface area contributed by atoms with Crippen LogP contribution in [-0.4, -0.2) is 12.5 Å². The number of anilines is 1. The molecule has 0 spiro atoms. The van der Waals surface area contributed by atoms with Crippen molar-refractivity contribution in [1.29, 1.82) is 0 Å². The summed E-state index contributed by atoms with van der Waals surface area (Å²) in [6, 6.07) is 14.7. The number of benzene rings is 3. The molecular weight excluding hydrogens is 464 g/mol. The van der Waals surface area contributed by atoms with E-state index in [-0.39, 0.29) is 11.7 Å². The van der Waals surface area contributed by atoms with E-state index in [1.54, 1.807) is 42.7 Å². The Balaban J connectivity index is 1.72. The van der Waals surface area contributed by atoms with E-state index < -0.39 is 0 Å². The highest BCUT2D eigenvalue weighted by Gasteiger charge is 2.15. The molecule has 0 saturated carbocycles. The van der Waals surface area contributed by atoms with Gasteiger partial charge in [0.25, 0.3) is 0 Å². The van der Waals surface area contributed by atoms with Crippen LogP contribution in [0.1, 0.15) is 19.4 Å². The maximum absolute atomic E-state index is 13.4. The van der Waals surface area contributed by atoms with Crippen molar-refractivity contribution in [3.05, 3.63) is 88.4 Å². The molecule has 0 aliphatic heterocycles.